The molecule has 1 aliphatic heterocycles. The Morgan fingerprint density at radius 3 is 2.69 bits per heavy atom. The van der Waals surface area contributed by atoms with Gasteiger partial charge in [0.25, 0.3) is 0 Å². The first kappa shape index (κ1) is 21.7. The molecule has 0 spiro atoms. The summed E-state index contributed by atoms with van der Waals surface area (Å²) in [5.74, 6) is -0.565. The van der Waals surface area contributed by atoms with Crippen LogP contribution in [0.4, 0.5) is 11.4 Å². The van der Waals surface area contributed by atoms with Crippen molar-refractivity contribution in [1.29, 1.82) is 0 Å². The number of aryl methyl sites for hydroxylation is 1. The maximum Gasteiger partial charge on any atom is 0.237 e. The predicted molar refractivity (Wildman–Crippen MR) is 116 cm³/mol. The first-order valence-electron chi connectivity index (χ1n) is 8.99. The Labute approximate surface area is 179 Å². The van der Waals surface area contributed by atoms with E-state index >= 15 is 0 Å². The van der Waals surface area contributed by atoms with Crippen molar-refractivity contribution >= 4 is 56.4 Å². The first-order chi connectivity index (χ1) is 13.6. The Morgan fingerprint density at radius 2 is 2.00 bits per heavy atom. The third kappa shape index (κ3) is 4.76. The van der Waals surface area contributed by atoms with Gasteiger partial charge in [0, 0.05) is 22.0 Å². The molecule has 0 radical (unpaired) electrons. The normalized spacial score (nSPS) is 17.2. The number of hydrogen-bond acceptors (Lipinski definition) is 5. The lowest BCUT2D eigenvalue weighted by Crippen LogP contribution is -2.27. The maximum atomic E-state index is 12.9. The van der Waals surface area contributed by atoms with Crippen LogP contribution in [-0.2, 0) is 19.4 Å². The van der Waals surface area contributed by atoms with Gasteiger partial charge in [-0.3, -0.25) is 9.59 Å². The molecule has 2 aromatic rings. The summed E-state index contributed by atoms with van der Waals surface area (Å²) >= 11 is 7.29. The molecule has 1 aliphatic rings. The third-order valence-electron chi connectivity index (χ3n) is 4.68. The Morgan fingerprint density at radius 1 is 1.28 bits per heavy atom. The average Bonchev–Trinajstić information content (AvgIpc) is 2.64. The number of halogens is 1. The van der Waals surface area contributed by atoms with Crippen LogP contribution in [0.25, 0.3) is 0 Å². The van der Waals surface area contributed by atoms with Crippen molar-refractivity contribution < 1.29 is 18.0 Å². The van der Waals surface area contributed by atoms with Gasteiger partial charge in [0.2, 0.25) is 11.8 Å². The Bertz CT molecular complexity index is 1090. The number of hydrogen-bond donors (Lipinski definition) is 2. The summed E-state index contributed by atoms with van der Waals surface area (Å²) in [6.07, 6.45) is -0.195. The van der Waals surface area contributed by atoms with Gasteiger partial charge >= 0.3 is 0 Å². The highest BCUT2D eigenvalue weighted by molar-refractivity contribution is 8.01. The van der Waals surface area contributed by atoms with E-state index in [4.69, 9.17) is 11.6 Å². The summed E-state index contributed by atoms with van der Waals surface area (Å²) in [5, 5.41) is 4.86. The molecule has 2 amide bonds. The smallest absolute Gasteiger partial charge is 0.237 e. The molecule has 0 saturated carbocycles. The van der Waals surface area contributed by atoms with E-state index in [2.05, 4.69) is 10.6 Å². The molecule has 6 nitrogen and oxygen atoms in total. The Balaban J connectivity index is 1.74. The number of carbonyl (C=O) groups excluding carboxylic acids is 2. The molecule has 0 fully saturated rings. The van der Waals surface area contributed by atoms with Gasteiger partial charge in [-0.15, -0.1) is 11.8 Å². The fourth-order valence-corrected chi connectivity index (χ4v) is 5.47. The minimum absolute atomic E-state index is 0.0784. The van der Waals surface area contributed by atoms with Gasteiger partial charge in [-0.05, 0) is 62.7 Å². The number of rotatable bonds is 5. The molecule has 2 N–H and O–H groups in total. The quantitative estimate of drug-likeness (QED) is 0.706. The van der Waals surface area contributed by atoms with Gasteiger partial charge in [0.1, 0.15) is 0 Å². The van der Waals surface area contributed by atoms with Gasteiger partial charge in [0.15, 0.2) is 9.84 Å². The van der Waals surface area contributed by atoms with Crippen LogP contribution < -0.4 is 10.6 Å². The monoisotopic (exact) mass is 452 g/mol. The lowest BCUT2D eigenvalue weighted by Gasteiger charge is -2.22. The summed E-state index contributed by atoms with van der Waals surface area (Å²) in [5.41, 5.74) is 1.86. The molecule has 0 bridgehead atoms. The lowest BCUT2D eigenvalue weighted by atomic mass is 10.2. The number of amides is 2. The second-order valence-corrected chi connectivity index (χ2v) is 11.2. The topological polar surface area (TPSA) is 92.3 Å². The summed E-state index contributed by atoms with van der Waals surface area (Å²) < 4.78 is 25.9. The summed E-state index contributed by atoms with van der Waals surface area (Å²) in [4.78, 5) is 25.2. The van der Waals surface area contributed by atoms with E-state index in [0.29, 0.717) is 16.4 Å². The molecule has 2 atom stereocenters. The zero-order valence-electron chi connectivity index (χ0n) is 16.2. The van der Waals surface area contributed by atoms with Crippen molar-refractivity contribution in [2.45, 2.75) is 47.5 Å². The van der Waals surface area contributed by atoms with E-state index in [1.807, 2.05) is 6.92 Å². The van der Waals surface area contributed by atoms with Crippen LogP contribution >= 0.6 is 23.4 Å². The molecule has 154 valence electrons. The molecule has 0 aromatic heterocycles. The van der Waals surface area contributed by atoms with Crippen LogP contribution in [0.5, 0.6) is 0 Å². The van der Waals surface area contributed by atoms with E-state index in [0.717, 1.165) is 10.5 Å². The number of thioether (sulfide) groups is 1. The zero-order valence-corrected chi connectivity index (χ0v) is 18.5. The van der Waals surface area contributed by atoms with Crippen molar-refractivity contribution in [3.63, 3.8) is 0 Å². The van der Waals surface area contributed by atoms with Crippen LogP contribution in [0.3, 0.4) is 0 Å². The molecule has 1 heterocycles. The molecule has 2 unspecified atom stereocenters. The van der Waals surface area contributed by atoms with Crippen molar-refractivity contribution in [3.8, 4) is 0 Å². The van der Waals surface area contributed by atoms with Crippen LogP contribution in [-0.4, -0.2) is 30.7 Å². The summed E-state index contributed by atoms with van der Waals surface area (Å²) in [6, 6.07) is 9.72. The number of nitrogens with one attached hydrogen (secondary N) is 2. The molecule has 0 saturated heterocycles. The molecule has 3 rings (SSSR count). The number of sulfone groups is 1. The van der Waals surface area contributed by atoms with Crippen molar-refractivity contribution in [1.82, 2.24) is 0 Å². The molecular weight excluding hydrogens is 432 g/mol. The van der Waals surface area contributed by atoms with Gasteiger partial charge in [-0.25, -0.2) is 8.42 Å². The fourth-order valence-electron chi connectivity index (χ4n) is 2.94. The molecule has 29 heavy (non-hydrogen) atoms. The SMILES string of the molecule is Cc1cc(Cl)ccc1NC(=O)CC(C)S(=O)(=O)c1ccc2c(c1)NC(=O)C(C)S2. The van der Waals surface area contributed by atoms with Crippen molar-refractivity contribution in [3.05, 3.63) is 47.0 Å². The van der Waals surface area contributed by atoms with E-state index < -0.39 is 21.0 Å². The molecule has 0 aliphatic carbocycles. The third-order valence-corrected chi connectivity index (χ3v) is 8.23. The number of benzene rings is 2. The largest absolute Gasteiger partial charge is 0.326 e. The zero-order chi connectivity index (χ0) is 21.3. The highest BCUT2D eigenvalue weighted by Crippen LogP contribution is 2.37. The standard InChI is InChI=1S/C20H21ClN2O4S2/c1-11-8-14(21)4-6-16(11)22-19(24)9-12(2)29(26,27)15-5-7-18-17(10-15)23-20(25)13(3)28-18/h4-8,10,12-13H,9H2,1-3H3,(H,22,24)(H,23,25). The highest BCUT2D eigenvalue weighted by atomic mass is 35.5. The van der Waals surface area contributed by atoms with Gasteiger partial charge in [0.05, 0.1) is 21.1 Å². The molecular formula is C20H21ClN2O4S2. The van der Waals surface area contributed by atoms with Crippen molar-refractivity contribution in [2.75, 3.05) is 10.6 Å². The fraction of sp³-hybridized carbons (Fsp3) is 0.300. The minimum atomic E-state index is -3.75. The maximum absolute atomic E-state index is 12.9. The van der Waals surface area contributed by atoms with E-state index in [9.17, 15) is 18.0 Å². The lowest BCUT2D eigenvalue weighted by molar-refractivity contribution is -0.116. The van der Waals surface area contributed by atoms with Gasteiger partial charge in [-0.1, -0.05) is 11.6 Å². The summed E-state index contributed by atoms with van der Waals surface area (Å²) in [6.45, 7) is 5.09. The second kappa shape index (κ2) is 8.38. The number of fused-ring (bicyclic) bond motifs is 1. The minimum Gasteiger partial charge on any atom is -0.326 e. The Hall–Kier alpha value is -2.03. The Kier molecular flexibility index (Phi) is 6.26. The van der Waals surface area contributed by atoms with Gasteiger partial charge in [-0.2, -0.15) is 0 Å². The van der Waals surface area contributed by atoms with Crippen LogP contribution in [0.1, 0.15) is 25.8 Å². The second-order valence-electron chi connectivity index (χ2n) is 6.97. The highest BCUT2D eigenvalue weighted by Gasteiger charge is 2.29. The van der Waals surface area contributed by atoms with E-state index in [1.54, 1.807) is 31.2 Å². The number of anilines is 2. The predicted octanol–water partition coefficient (Wildman–Crippen LogP) is 4.27. The van der Waals surface area contributed by atoms with Crippen molar-refractivity contribution in [2.24, 2.45) is 0 Å². The number of carbonyl (C=O) groups is 2. The molecule has 2 aromatic carbocycles. The van der Waals surface area contributed by atoms with E-state index in [1.165, 1.54) is 30.8 Å². The average molecular weight is 453 g/mol. The summed E-state index contributed by atoms with van der Waals surface area (Å²) in [7, 11) is -3.75. The van der Waals surface area contributed by atoms with Crippen LogP contribution in [0.15, 0.2) is 46.2 Å². The van der Waals surface area contributed by atoms with Gasteiger partial charge < -0.3 is 10.6 Å². The first-order valence-corrected chi connectivity index (χ1v) is 11.8. The van der Waals surface area contributed by atoms with Crippen LogP contribution in [0.2, 0.25) is 5.02 Å². The van der Waals surface area contributed by atoms with Crippen LogP contribution in [0, 0.1) is 6.92 Å². The van der Waals surface area contributed by atoms with E-state index in [-0.39, 0.29) is 22.5 Å². The molecule has 9 heteroatoms.